The van der Waals surface area contributed by atoms with Gasteiger partial charge < -0.3 is 16.4 Å². The van der Waals surface area contributed by atoms with Crippen LogP contribution in [0, 0.1) is 5.92 Å². The van der Waals surface area contributed by atoms with E-state index in [0.717, 1.165) is 44.9 Å². The van der Waals surface area contributed by atoms with Crippen LogP contribution in [0.4, 0.5) is 4.79 Å². The minimum Gasteiger partial charge on any atom is -0.352 e. The van der Waals surface area contributed by atoms with Crippen LogP contribution in [0.2, 0.25) is 0 Å². The molecule has 2 aliphatic carbocycles. The smallest absolute Gasteiger partial charge is 0.312 e. The first-order valence-electron chi connectivity index (χ1n) is 9.07. The van der Waals surface area contributed by atoms with Crippen LogP contribution in [-0.4, -0.2) is 18.0 Å². The first kappa shape index (κ1) is 16.8. The van der Waals surface area contributed by atoms with E-state index in [-0.39, 0.29) is 23.9 Å². The fourth-order valence-corrected chi connectivity index (χ4v) is 4.06. The molecule has 1 aromatic carbocycles. The van der Waals surface area contributed by atoms with Crippen LogP contribution in [0.15, 0.2) is 24.3 Å². The lowest BCUT2D eigenvalue weighted by Gasteiger charge is -2.29. The molecular formula is C19H27N3O2. The second-order valence-electron chi connectivity index (χ2n) is 7.06. The largest absolute Gasteiger partial charge is 0.352 e. The lowest BCUT2D eigenvalue weighted by Crippen LogP contribution is -2.43. The molecule has 24 heavy (non-hydrogen) atoms. The third-order valence-corrected chi connectivity index (χ3v) is 5.38. The molecule has 0 radical (unpaired) electrons. The molecule has 0 spiro atoms. The van der Waals surface area contributed by atoms with Crippen LogP contribution in [0.3, 0.4) is 0 Å². The number of benzene rings is 1. The van der Waals surface area contributed by atoms with Gasteiger partial charge in [0.25, 0.3) is 0 Å². The van der Waals surface area contributed by atoms with Crippen molar-refractivity contribution in [3.05, 3.63) is 35.4 Å². The topological polar surface area (TPSA) is 84.2 Å². The van der Waals surface area contributed by atoms with Crippen LogP contribution in [0.1, 0.15) is 62.1 Å². The van der Waals surface area contributed by atoms with Crippen LogP contribution in [-0.2, 0) is 11.2 Å². The second-order valence-corrected chi connectivity index (χ2v) is 7.06. The minimum atomic E-state index is -0.474. The van der Waals surface area contributed by atoms with Crippen LogP contribution >= 0.6 is 0 Å². The summed E-state index contributed by atoms with van der Waals surface area (Å²) in [6.07, 6.45) is 7.72. The maximum atomic E-state index is 12.7. The van der Waals surface area contributed by atoms with Gasteiger partial charge in [-0.3, -0.25) is 4.79 Å². The highest BCUT2D eigenvalue weighted by Gasteiger charge is 2.29. The molecule has 1 saturated carbocycles. The van der Waals surface area contributed by atoms with Crippen molar-refractivity contribution in [1.82, 2.24) is 10.6 Å². The standard InChI is InChI=1S/C19H27N3O2/c20-19(24)21-15-11-9-14(10-12-15)18(23)22-17-8-4-2-6-13-5-1-3-7-16(13)17/h1,3,5,7,14-15,17H,2,4,6,8-12H2,(H,22,23)(H3,20,21,24)/t14?,15?,17-/m1/s1. The van der Waals surface area contributed by atoms with Crippen molar-refractivity contribution in [1.29, 1.82) is 0 Å². The summed E-state index contributed by atoms with van der Waals surface area (Å²) >= 11 is 0. The molecule has 0 aromatic heterocycles. The highest BCUT2D eigenvalue weighted by Crippen LogP contribution is 2.30. The lowest BCUT2D eigenvalue weighted by molar-refractivity contribution is -0.126. The van der Waals surface area contributed by atoms with Crippen molar-refractivity contribution in [2.24, 2.45) is 11.7 Å². The van der Waals surface area contributed by atoms with E-state index in [1.807, 2.05) is 0 Å². The molecule has 3 rings (SSSR count). The highest BCUT2D eigenvalue weighted by molar-refractivity contribution is 5.79. The fourth-order valence-electron chi connectivity index (χ4n) is 4.06. The molecule has 1 fully saturated rings. The number of rotatable bonds is 3. The van der Waals surface area contributed by atoms with Gasteiger partial charge in [-0.25, -0.2) is 4.79 Å². The second kappa shape index (κ2) is 7.69. The number of nitrogens with two attached hydrogens (primary N) is 1. The van der Waals surface area contributed by atoms with Gasteiger partial charge in [-0.1, -0.05) is 30.7 Å². The molecular weight excluding hydrogens is 302 g/mol. The Morgan fingerprint density at radius 1 is 0.958 bits per heavy atom. The van der Waals surface area contributed by atoms with Crippen LogP contribution in [0.25, 0.3) is 0 Å². The number of urea groups is 1. The van der Waals surface area contributed by atoms with E-state index < -0.39 is 6.03 Å². The van der Waals surface area contributed by atoms with Gasteiger partial charge >= 0.3 is 6.03 Å². The van der Waals surface area contributed by atoms with Crippen molar-refractivity contribution in [3.63, 3.8) is 0 Å². The van der Waals surface area contributed by atoms with Crippen LogP contribution < -0.4 is 16.4 Å². The van der Waals surface area contributed by atoms with Crippen molar-refractivity contribution in [2.75, 3.05) is 0 Å². The Morgan fingerprint density at radius 3 is 2.46 bits per heavy atom. The minimum absolute atomic E-state index is 0.0475. The average molecular weight is 329 g/mol. The molecule has 2 aliphatic rings. The van der Waals surface area contributed by atoms with Gasteiger partial charge in [-0.05, 0) is 56.1 Å². The molecule has 0 heterocycles. The Balaban J connectivity index is 1.58. The van der Waals surface area contributed by atoms with Gasteiger partial charge in [0.05, 0.1) is 6.04 Å². The van der Waals surface area contributed by atoms with E-state index in [4.69, 9.17) is 5.73 Å². The summed E-state index contributed by atoms with van der Waals surface area (Å²) in [6.45, 7) is 0. The Hall–Kier alpha value is -2.04. The summed E-state index contributed by atoms with van der Waals surface area (Å²) < 4.78 is 0. The predicted octanol–water partition coefficient (Wildman–Crippen LogP) is 2.80. The number of hydrogen-bond acceptors (Lipinski definition) is 2. The van der Waals surface area contributed by atoms with Gasteiger partial charge in [-0.15, -0.1) is 0 Å². The summed E-state index contributed by atoms with van der Waals surface area (Å²) in [5, 5.41) is 6.04. The van der Waals surface area contributed by atoms with Crippen molar-refractivity contribution in [3.8, 4) is 0 Å². The summed E-state index contributed by atoms with van der Waals surface area (Å²) in [5.74, 6) is 0.209. The zero-order chi connectivity index (χ0) is 16.9. The number of hydrogen-bond donors (Lipinski definition) is 3. The number of carbonyl (C=O) groups is 2. The van der Waals surface area contributed by atoms with E-state index in [1.54, 1.807) is 0 Å². The molecule has 5 nitrogen and oxygen atoms in total. The monoisotopic (exact) mass is 329 g/mol. The molecule has 0 saturated heterocycles. The molecule has 1 atom stereocenters. The van der Waals surface area contributed by atoms with E-state index in [2.05, 4.69) is 34.9 Å². The summed E-state index contributed by atoms with van der Waals surface area (Å²) in [6, 6.07) is 8.25. The van der Waals surface area contributed by atoms with Crippen molar-refractivity contribution >= 4 is 11.9 Å². The Kier molecular flexibility index (Phi) is 5.38. The van der Waals surface area contributed by atoms with Crippen molar-refractivity contribution < 1.29 is 9.59 Å². The number of nitrogens with one attached hydrogen (secondary N) is 2. The van der Waals surface area contributed by atoms with E-state index in [9.17, 15) is 9.59 Å². The third kappa shape index (κ3) is 4.08. The van der Waals surface area contributed by atoms with Gasteiger partial charge in [-0.2, -0.15) is 0 Å². The first-order chi connectivity index (χ1) is 11.6. The van der Waals surface area contributed by atoms with Gasteiger partial charge in [0.15, 0.2) is 0 Å². The number of aryl methyl sites for hydroxylation is 1. The Morgan fingerprint density at radius 2 is 1.71 bits per heavy atom. The molecule has 4 N–H and O–H groups in total. The van der Waals surface area contributed by atoms with Gasteiger partial charge in [0.2, 0.25) is 5.91 Å². The zero-order valence-corrected chi connectivity index (χ0v) is 14.1. The summed E-state index contributed by atoms with van der Waals surface area (Å²) in [4.78, 5) is 23.6. The Bertz CT molecular complexity index is 594. The number of primary amides is 1. The molecule has 0 aliphatic heterocycles. The maximum absolute atomic E-state index is 12.7. The quantitative estimate of drug-likeness (QED) is 0.745. The molecule has 130 valence electrons. The maximum Gasteiger partial charge on any atom is 0.312 e. The summed E-state index contributed by atoms with van der Waals surface area (Å²) in [5.41, 5.74) is 7.83. The predicted molar refractivity (Wildman–Crippen MR) is 93.3 cm³/mol. The van der Waals surface area contributed by atoms with Crippen molar-refractivity contribution in [2.45, 2.75) is 63.5 Å². The molecule has 1 aromatic rings. The fraction of sp³-hybridized carbons (Fsp3) is 0.579. The SMILES string of the molecule is NC(=O)NC1CCC(C(=O)N[C@@H]2CCCCc3ccccc32)CC1. The number of amides is 3. The molecule has 3 amide bonds. The number of carbonyl (C=O) groups excluding carboxylic acids is 2. The van der Waals surface area contributed by atoms with E-state index in [0.29, 0.717) is 0 Å². The summed E-state index contributed by atoms with van der Waals surface area (Å²) in [7, 11) is 0. The lowest BCUT2D eigenvalue weighted by atomic mass is 9.85. The van der Waals surface area contributed by atoms with Gasteiger partial charge in [0.1, 0.15) is 0 Å². The van der Waals surface area contributed by atoms with E-state index >= 15 is 0 Å². The molecule has 5 heteroatoms. The zero-order valence-electron chi connectivity index (χ0n) is 14.1. The molecule has 0 unspecified atom stereocenters. The average Bonchev–Trinajstić information content (AvgIpc) is 2.77. The van der Waals surface area contributed by atoms with Crippen LogP contribution in [0.5, 0.6) is 0 Å². The first-order valence-corrected chi connectivity index (χ1v) is 9.07. The molecule has 0 bridgehead atoms. The normalized spacial score (nSPS) is 26.8. The Labute approximate surface area is 143 Å². The highest BCUT2D eigenvalue weighted by atomic mass is 16.2. The van der Waals surface area contributed by atoms with Gasteiger partial charge in [0, 0.05) is 12.0 Å². The third-order valence-electron chi connectivity index (χ3n) is 5.38. The number of fused-ring (bicyclic) bond motifs is 1. The van der Waals surface area contributed by atoms with E-state index in [1.165, 1.54) is 17.5 Å².